The number of thioether (sulfide) groups is 1. The van der Waals surface area contributed by atoms with Gasteiger partial charge in [-0.1, -0.05) is 30.0 Å². The maximum atomic E-state index is 12.4. The van der Waals surface area contributed by atoms with Crippen LogP contribution in [0, 0.1) is 13.8 Å². The molecule has 0 fully saturated rings. The third kappa shape index (κ3) is 6.96. The highest BCUT2D eigenvalue weighted by Crippen LogP contribution is 2.22. The van der Waals surface area contributed by atoms with E-state index in [0.717, 1.165) is 16.4 Å². The Morgan fingerprint density at radius 2 is 1.81 bits per heavy atom. The molecule has 32 heavy (non-hydrogen) atoms. The largest absolute Gasteiger partial charge is 0.351 e. The van der Waals surface area contributed by atoms with Crippen molar-refractivity contribution in [3.05, 3.63) is 71.5 Å². The zero-order valence-corrected chi connectivity index (χ0v) is 19.7. The Balaban J connectivity index is 1.53. The Morgan fingerprint density at radius 1 is 1.06 bits per heavy atom. The molecule has 3 rings (SSSR count). The molecule has 0 saturated heterocycles. The van der Waals surface area contributed by atoms with Crippen LogP contribution in [0.1, 0.15) is 16.7 Å². The fraction of sp³-hybridized carbons (Fsp3) is 0.292. The molecule has 0 unspecified atom stereocenters. The van der Waals surface area contributed by atoms with E-state index in [0.29, 0.717) is 18.8 Å². The molecule has 168 valence electrons. The zero-order valence-electron chi connectivity index (χ0n) is 18.9. The number of aryl methyl sites for hydroxylation is 2. The first-order valence-electron chi connectivity index (χ1n) is 10.3. The SMILES string of the molecule is Cc1cc(C)cc(-n2ccnc2SCC(=O)NCc2cccc(NC(=O)CN(C)C)c2)c1. The number of amides is 2. The van der Waals surface area contributed by atoms with E-state index in [1.165, 1.54) is 22.9 Å². The maximum absolute atomic E-state index is 12.4. The Kier molecular flexibility index (Phi) is 8.08. The molecule has 1 aromatic heterocycles. The van der Waals surface area contributed by atoms with Crippen molar-refractivity contribution in [2.24, 2.45) is 0 Å². The highest BCUT2D eigenvalue weighted by Gasteiger charge is 2.10. The summed E-state index contributed by atoms with van der Waals surface area (Å²) in [7, 11) is 3.69. The molecule has 0 bridgehead atoms. The van der Waals surface area contributed by atoms with Crippen LogP contribution in [0.5, 0.6) is 0 Å². The summed E-state index contributed by atoms with van der Waals surface area (Å²) in [5.74, 6) is 0.111. The standard InChI is InChI=1S/C24H29N5O2S/c1-17-10-18(2)12-21(11-17)29-9-8-25-24(29)32-16-23(31)26-14-19-6-5-7-20(13-19)27-22(30)15-28(3)4/h5-13H,14-16H2,1-4H3,(H,26,31)(H,27,30). The number of carbonyl (C=O) groups is 2. The molecule has 8 heteroatoms. The van der Waals surface area contributed by atoms with E-state index in [1.54, 1.807) is 6.20 Å². The quantitative estimate of drug-likeness (QED) is 0.488. The monoisotopic (exact) mass is 451 g/mol. The Bertz CT molecular complexity index is 1070. The van der Waals surface area contributed by atoms with Gasteiger partial charge in [-0.05, 0) is 68.9 Å². The second-order valence-electron chi connectivity index (χ2n) is 7.98. The average molecular weight is 452 g/mol. The van der Waals surface area contributed by atoms with E-state index in [2.05, 4.69) is 47.7 Å². The number of aromatic nitrogens is 2. The van der Waals surface area contributed by atoms with Gasteiger partial charge in [0, 0.05) is 30.3 Å². The van der Waals surface area contributed by atoms with Gasteiger partial charge in [0.1, 0.15) is 0 Å². The van der Waals surface area contributed by atoms with Gasteiger partial charge < -0.3 is 15.5 Å². The lowest BCUT2D eigenvalue weighted by Crippen LogP contribution is -2.27. The fourth-order valence-electron chi connectivity index (χ4n) is 3.31. The second kappa shape index (κ2) is 11.0. The van der Waals surface area contributed by atoms with Gasteiger partial charge in [0.15, 0.2) is 5.16 Å². The van der Waals surface area contributed by atoms with Crippen LogP contribution >= 0.6 is 11.8 Å². The van der Waals surface area contributed by atoms with E-state index < -0.39 is 0 Å². The van der Waals surface area contributed by atoms with Crippen LogP contribution in [0.4, 0.5) is 5.69 Å². The van der Waals surface area contributed by atoms with Gasteiger partial charge in [0.05, 0.1) is 12.3 Å². The van der Waals surface area contributed by atoms with Crippen molar-refractivity contribution < 1.29 is 9.59 Å². The van der Waals surface area contributed by atoms with Crippen LogP contribution in [-0.4, -0.2) is 52.7 Å². The minimum Gasteiger partial charge on any atom is -0.351 e. The lowest BCUT2D eigenvalue weighted by molar-refractivity contribution is -0.119. The minimum absolute atomic E-state index is 0.0768. The van der Waals surface area contributed by atoms with Crippen LogP contribution in [0.25, 0.3) is 5.69 Å². The number of nitrogens with zero attached hydrogens (tertiary/aromatic N) is 3. The van der Waals surface area contributed by atoms with Crippen LogP contribution in [0.3, 0.4) is 0 Å². The Hall–Kier alpha value is -3.10. The molecule has 2 aromatic carbocycles. The van der Waals surface area contributed by atoms with Crippen molar-refractivity contribution in [3.63, 3.8) is 0 Å². The van der Waals surface area contributed by atoms with Crippen LogP contribution < -0.4 is 10.6 Å². The molecule has 0 aliphatic rings. The van der Waals surface area contributed by atoms with Crippen LogP contribution in [0.15, 0.2) is 60.0 Å². The first-order chi connectivity index (χ1) is 15.3. The summed E-state index contributed by atoms with van der Waals surface area (Å²) >= 11 is 1.40. The van der Waals surface area contributed by atoms with E-state index in [-0.39, 0.29) is 17.6 Å². The molecule has 0 saturated carbocycles. The van der Waals surface area contributed by atoms with Gasteiger partial charge in [-0.15, -0.1) is 0 Å². The lowest BCUT2D eigenvalue weighted by Gasteiger charge is -2.12. The van der Waals surface area contributed by atoms with Crippen molar-refractivity contribution in [1.82, 2.24) is 19.8 Å². The molecule has 1 heterocycles. The van der Waals surface area contributed by atoms with Crippen molar-refractivity contribution in [2.75, 3.05) is 31.7 Å². The predicted octanol–water partition coefficient (Wildman–Crippen LogP) is 3.40. The highest BCUT2D eigenvalue weighted by atomic mass is 32.2. The van der Waals surface area contributed by atoms with E-state index in [9.17, 15) is 9.59 Å². The highest BCUT2D eigenvalue weighted by molar-refractivity contribution is 7.99. The molecular formula is C24H29N5O2S. The number of imidazole rings is 1. The van der Waals surface area contributed by atoms with Gasteiger partial charge in [-0.3, -0.25) is 14.2 Å². The lowest BCUT2D eigenvalue weighted by atomic mass is 10.1. The molecule has 2 N–H and O–H groups in total. The fourth-order valence-corrected chi connectivity index (χ4v) is 4.11. The maximum Gasteiger partial charge on any atom is 0.238 e. The first kappa shape index (κ1) is 23.6. The Morgan fingerprint density at radius 3 is 2.53 bits per heavy atom. The number of hydrogen-bond donors (Lipinski definition) is 2. The number of likely N-dealkylation sites (N-methyl/N-ethyl adjacent to an activating group) is 1. The number of nitrogens with one attached hydrogen (secondary N) is 2. The molecule has 0 aliphatic heterocycles. The molecule has 3 aromatic rings. The van der Waals surface area contributed by atoms with E-state index in [4.69, 9.17) is 0 Å². The molecule has 7 nitrogen and oxygen atoms in total. The molecule has 0 aliphatic carbocycles. The third-order valence-electron chi connectivity index (χ3n) is 4.58. The topological polar surface area (TPSA) is 79.3 Å². The summed E-state index contributed by atoms with van der Waals surface area (Å²) in [6.07, 6.45) is 3.65. The van der Waals surface area contributed by atoms with Crippen LogP contribution in [-0.2, 0) is 16.1 Å². The normalized spacial score (nSPS) is 10.9. The van der Waals surface area contributed by atoms with Crippen molar-refractivity contribution >= 4 is 29.3 Å². The summed E-state index contributed by atoms with van der Waals surface area (Å²) in [4.78, 5) is 30.6. The molecular weight excluding hydrogens is 422 g/mol. The third-order valence-corrected chi connectivity index (χ3v) is 5.55. The Labute approximate surface area is 193 Å². The van der Waals surface area contributed by atoms with Crippen LogP contribution in [0.2, 0.25) is 0 Å². The summed E-state index contributed by atoms with van der Waals surface area (Å²) in [5, 5.41) is 6.57. The summed E-state index contributed by atoms with van der Waals surface area (Å²) in [5.41, 5.74) is 5.04. The smallest absolute Gasteiger partial charge is 0.238 e. The minimum atomic E-state index is -0.0770. The van der Waals surface area contributed by atoms with Gasteiger partial charge in [0.2, 0.25) is 11.8 Å². The number of carbonyl (C=O) groups excluding carboxylic acids is 2. The predicted molar refractivity (Wildman–Crippen MR) is 129 cm³/mol. The zero-order chi connectivity index (χ0) is 23.1. The van der Waals surface area contributed by atoms with Crippen molar-refractivity contribution in [3.8, 4) is 5.69 Å². The second-order valence-corrected chi connectivity index (χ2v) is 8.92. The first-order valence-corrected chi connectivity index (χ1v) is 11.3. The number of anilines is 1. The molecule has 0 atom stereocenters. The van der Waals surface area contributed by atoms with Gasteiger partial charge in [-0.2, -0.15) is 0 Å². The van der Waals surface area contributed by atoms with Gasteiger partial charge in [-0.25, -0.2) is 4.98 Å². The van der Waals surface area contributed by atoms with E-state index >= 15 is 0 Å². The average Bonchev–Trinajstić information content (AvgIpc) is 3.18. The van der Waals surface area contributed by atoms with E-state index in [1.807, 2.05) is 54.0 Å². The van der Waals surface area contributed by atoms with Crippen molar-refractivity contribution in [2.45, 2.75) is 25.5 Å². The summed E-state index contributed by atoms with van der Waals surface area (Å²) in [6.45, 7) is 4.84. The van der Waals surface area contributed by atoms with Crippen molar-refractivity contribution in [1.29, 1.82) is 0 Å². The number of hydrogen-bond acceptors (Lipinski definition) is 5. The summed E-state index contributed by atoms with van der Waals surface area (Å²) < 4.78 is 2.00. The molecule has 0 spiro atoms. The van der Waals surface area contributed by atoms with Gasteiger partial charge >= 0.3 is 0 Å². The number of rotatable bonds is 9. The van der Waals surface area contributed by atoms with Gasteiger partial charge in [0.25, 0.3) is 0 Å². The summed E-state index contributed by atoms with van der Waals surface area (Å²) in [6, 6.07) is 13.8. The number of benzene rings is 2. The molecule has 2 amide bonds. The molecule has 0 radical (unpaired) electrons.